The van der Waals surface area contributed by atoms with E-state index in [9.17, 15) is 4.79 Å². The van der Waals surface area contributed by atoms with E-state index in [1.165, 1.54) is 17.5 Å². The first-order valence-electron chi connectivity index (χ1n) is 4.30. The Kier molecular flexibility index (Phi) is 4.13. The lowest BCUT2D eigenvalue weighted by Crippen LogP contribution is -2.12. The highest BCUT2D eigenvalue weighted by molar-refractivity contribution is 9.11. The molecule has 0 saturated heterocycles. The van der Waals surface area contributed by atoms with Gasteiger partial charge >= 0.3 is 0 Å². The van der Waals surface area contributed by atoms with Crippen LogP contribution in [-0.2, 0) is 0 Å². The van der Waals surface area contributed by atoms with Gasteiger partial charge in [-0.15, -0.1) is 0 Å². The van der Waals surface area contributed by atoms with E-state index in [2.05, 4.69) is 47.1 Å². The molecule has 2 aromatic rings. The lowest BCUT2D eigenvalue weighted by molar-refractivity contribution is 0.102. The van der Waals surface area contributed by atoms with Crippen LogP contribution in [0.1, 0.15) is 10.4 Å². The maximum absolute atomic E-state index is 11.9. The van der Waals surface area contributed by atoms with Gasteiger partial charge in [-0.25, -0.2) is 9.97 Å². The van der Waals surface area contributed by atoms with E-state index in [1.54, 1.807) is 12.3 Å². The molecule has 17 heavy (non-hydrogen) atoms. The summed E-state index contributed by atoms with van der Waals surface area (Å²) in [5.74, 6) is -0.342. The number of aromatic nitrogens is 2. The molecule has 4 nitrogen and oxygen atoms in total. The van der Waals surface area contributed by atoms with Gasteiger partial charge < -0.3 is 0 Å². The van der Waals surface area contributed by atoms with Crippen LogP contribution in [-0.4, -0.2) is 15.9 Å². The first-order valence-corrected chi connectivity index (χ1v) is 7.08. The Balaban J connectivity index is 2.22. The lowest BCUT2D eigenvalue weighted by atomic mass is 10.3. The standard InChI is InChI=1S/C9H4Br2ClN3OS/c10-4-1-5(7(12)13-2-4)8(16)15-9-14-3-6(11)17-9/h1-3H,(H,14,15,16). The molecule has 0 spiro atoms. The minimum absolute atomic E-state index is 0.154. The molecule has 2 rings (SSSR count). The van der Waals surface area contributed by atoms with Gasteiger partial charge in [0, 0.05) is 10.7 Å². The predicted octanol–water partition coefficient (Wildman–Crippen LogP) is 3.97. The minimum Gasteiger partial charge on any atom is -0.298 e. The van der Waals surface area contributed by atoms with Crippen molar-refractivity contribution in [1.29, 1.82) is 0 Å². The Labute approximate surface area is 123 Å². The van der Waals surface area contributed by atoms with Crippen LogP contribution in [0, 0.1) is 0 Å². The summed E-state index contributed by atoms with van der Waals surface area (Å²) in [5, 5.41) is 3.29. The Morgan fingerprint density at radius 1 is 1.35 bits per heavy atom. The molecular formula is C9H4Br2ClN3OS. The molecule has 0 saturated carbocycles. The van der Waals surface area contributed by atoms with Gasteiger partial charge in [0.2, 0.25) is 0 Å². The molecule has 1 amide bonds. The summed E-state index contributed by atoms with van der Waals surface area (Å²) >= 11 is 13.7. The number of nitrogens with one attached hydrogen (secondary N) is 1. The van der Waals surface area contributed by atoms with E-state index in [0.29, 0.717) is 15.2 Å². The maximum atomic E-state index is 11.9. The van der Waals surface area contributed by atoms with Crippen LogP contribution in [0.15, 0.2) is 26.7 Å². The van der Waals surface area contributed by atoms with Crippen molar-refractivity contribution < 1.29 is 4.79 Å². The number of thiazole rings is 1. The van der Waals surface area contributed by atoms with Gasteiger partial charge in [-0.1, -0.05) is 22.9 Å². The molecule has 0 radical (unpaired) electrons. The second-order valence-corrected chi connectivity index (χ2v) is 6.60. The van der Waals surface area contributed by atoms with Crippen LogP contribution >= 0.6 is 54.8 Å². The number of hydrogen-bond donors (Lipinski definition) is 1. The Bertz CT molecular complexity index is 575. The number of nitrogens with zero attached hydrogens (tertiary/aromatic N) is 2. The van der Waals surface area contributed by atoms with Crippen molar-refractivity contribution in [1.82, 2.24) is 9.97 Å². The zero-order valence-corrected chi connectivity index (χ0v) is 12.8. The number of carbonyl (C=O) groups is 1. The topological polar surface area (TPSA) is 54.9 Å². The van der Waals surface area contributed by atoms with E-state index in [0.717, 1.165) is 3.79 Å². The highest BCUT2D eigenvalue weighted by Gasteiger charge is 2.13. The van der Waals surface area contributed by atoms with Crippen LogP contribution < -0.4 is 5.32 Å². The molecule has 0 bridgehead atoms. The zero-order chi connectivity index (χ0) is 12.4. The molecule has 0 aromatic carbocycles. The quantitative estimate of drug-likeness (QED) is 0.781. The van der Waals surface area contributed by atoms with Gasteiger partial charge in [-0.05, 0) is 37.9 Å². The first-order chi connectivity index (χ1) is 8.06. The fraction of sp³-hybridized carbons (Fsp3) is 0. The summed E-state index contributed by atoms with van der Waals surface area (Å²) in [6.45, 7) is 0. The average Bonchev–Trinajstić information content (AvgIpc) is 2.67. The van der Waals surface area contributed by atoms with Crippen LogP contribution in [0.5, 0.6) is 0 Å². The van der Waals surface area contributed by atoms with Crippen molar-refractivity contribution >= 4 is 65.8 Å². The summed E-state index contributed by atoms with van der Waals surface area (Å²) in [6.07, 6.45) is 3.14. The van der Waals surface area contributed by atoms with Crippen LogP contribution in [0.4, 0.5) is 5.13 Å². The smallest absolute Gasteiger partial charge is 0.260 e. The number of pyridine rings is 1. The molecule has 0 atom stereocenters. The van der Waals surface area contributed by atoms with Crippen molar-refractivity contribution in [2.75, 3.05) is 5.32 Å². The maximum Gasteiger partial charge on any atom is 0.260 e. The first kappa shape index (κ1) is 12.9. The van der Waals surface area contributed by atoms with Crippen molar-refractivity contribution in [2.24, 2.45) is 0 Å². The highest BCUT2D eigenvalue weighted by Crippen LogP contribution is 2.25. The van der Waals surface area contributed by atoms with Gasteiger partial charge in [0.15, 0.2) is 5.13 Å². The van der Waals surface area contributed by atoms with Crippen molar-refractivity contribution in [2.45, 2.75) is 0 Å². The Hall–Kier alpha value is -0.500. The summed E-state index contributed by atoms with van der Waals surface area (Å²) in [5.41, 5.74) is 0.298. The third-order valence-electron chi connectivity index (χ3n) is 1.75. The number of rotatable bonds is 2. The number of carbonyl (C=O) groups excluding carboxylic acids is 1. The largest absolute Gasteiger partial charge is 0.298 e. The monoisotopic (exact) mass is 395 g/mol. The molecule has 0 aliphatic rings. The summed E-state index contributed by atoms with van der Waals surface area (Å²) in [6, 6.07) is 1.60. The summed E-state index contributed by atoms with van der Waals surface area (Å²) in [7, 11) is 0. The van der Waals surface area contributed by atoms with Gasteiger partial charge in [-0.2, -0.15) is 0 Å². The van der Waals surface area contributed by atoms with Crippen LogP contribution in [0.25, 0.3) is 0 Å². The van der Waals surface area contributed by atoms with Gasteiger partial charge in [0.1, 0.15) is 5.15 Å². The normalized spacial score (nSPS) is 10.3. The Morgan fingerprint density at radius 2 is 2.12 bits per heavy atom. The fourth-order valence-electron chi connectivity index (χ4n) is 1.06. The predicted molar refractivity (Wildman–Crippen MR) is 74.7 cm³/mol. The second kappa shape index (κ2) is 5.43. The van der Waals surface area contributed by atoms with Crippen LogP contribution in [0.2, 0.25) is 5.15 Å². The molecule has 1 N–H and O–H groups in total. The molecule has 0 fully saturated rings. The number of halogens is 3. The molecular weight excluding hydrogens is 393 g/mol. The minimum atomic E-state index is -0.342. The molecule has 0 aliphatic heterocycles. The number of hydrogen-bond acceptors (Lipinski definition) is 4. The third-order valence-corrected chi connectivity index (χ3v) is 3.87. The van der Waals surface area contributed by atoms with Crippen LogP contribution in [0.3, 0.4) is 0 Å². The van der Waals surface area contributed by atoms with Gasteiger partial charge in [-0.3, -0.25) is 10.1 Å². The Morgan fingerprint density at radius 3 is 2.76 bits per heavy atom. The molecule has 0 unspecified atom stereocenters. The molecule has 2 aromatic heterocycles. The van der Waals surface area contributed by atoms with Crippen molar-refractivity contribution in [3.8, 4) is 0 Å². The fourth-order valence-corrected chi connectivity index (χ4v) is 2.68. The summed E-state index contributed by atoms with van der Waals surface area (Å²) < 4.78 is 1.53. The van der Waals surface area contributed by atoms with E-state index >= 15 is 0 Å². The van der Waals surface area contributed by atoms with Gasteiger partial charge in [0.05, 0.1) is 15.5 Å². The van der Waals surface area contributed by atoms with E-state index in [4.69, 9.17) is 11.6 Å². The SMILES string of the molecule is O=C(Nc1ncc(Br)s1)c1cc(Br)cnc1Cl. The molecule has 88 valence electrons. The number of amides is 1. The highest BCUT2D eigenvalue weighted by atomic mass is 79.9. The third kappa shape index (κ3) is 3.25. The second-order valence-electron chi connectivity index (χ2n) is 2.92. The van der Waals surface area contributed by atoms with E-state index < -0.39 is 0 Å². The van der Waals surface area contributed by atoms with Crippen molar-refractivity contribution in [3.05, 3.63) is 37.4 Å². The average molecular weight is 397 g/mol. The summed E-state index contributed by atoms with van der Waals surface area (Å²) in [4.78, 5) is 19.8. The molecule has 0 aliphatic carbocycles. The molecule has 2 heterocycles. The van der Waals surface area contributed by atoms with Crippen molar-refractivity contribution in [3.63, 3.8) is 0 Å². The van der Waals surface area contributed by atoms with E-state index in [-0.39, 0.29) is 11.1 Å². The van der Waals surface area contributed by atoms with E-state index in [1.807, 2.05) is 0 Å². The zero-order valence-electron chi connectivity index (χ0n) is 8.08. The lowest BCUT2D eigenvalue weighted by Gasteiger charge is -2.03. The number of anilines is 1. The molecule has 8 heteroatoms. The van der Waals surface area contributed by atoms with Gasteiger partial charge in [0.25, 0.3) is 5.91 Å².